The Balaban J connectivity index is 1.33. The first-order valence-corrected chi connectivity index (χ1v) is 19.7. The van der Waals surface area contributed by atoms with Gasteiger partial charge >= 0.3 is 6.85 Å². The Hall–Kier alpha value is -6.06. The molecule has 2 aliphatic rings. The fraction of sp³-hybridized carbons (Fsp3) is 0.154. The van der Waals surface area contributed by atoms with Crippen molar-refractivity contribution in [2.45, 2.75) is 52.4 Å². The van der Waals surface area contributed by atoms with Gasteiger partial charge in [0, 0.05) is 33.1 Å². The van der Waals surface area contributed by atoms with Crippen molar-refractivity contribution in [1.82, 2.24) is 4.57 Å². The van der Waals surface area contributed by atoms with E-state index in [0.29, 0.717) is 0 Å². The summed E-state index contributed by atoms with van der Waals surface area (Å²) in [5.74, 6) is 0. The van der Waals surface area contributed by atoms with E-state index in [-0.39, 0.29) is 17.7 Å². The number of aromatic nitrogens is 1. The molecule has 55 heavy (non-hydrogen) atoms. The van der Waals surface area contributed by atoms with Crippen LogP contribution in [0.15, 0.2) is 152 Å². The average molecular weight is 707 g/mol. The zero-order valence-corrected chi connectivity index (χ0v) is 32.4. The molecule has 2 aliphatic heterocycles. The Labute approximate surface area is 323 Å². The largest absolute Gasteiger partial charge is 0.376 e. The molecule has 0 saturated carbocycles. The number of hydrogen-bond donors (Lipinski definition) is 0. The smallest absolute Gasteiger partial charge is 0.333 e. The van der Waals surface area contributed by atoms with E-state index < -0.39 is 0 Å². The second-order valence-electron chi connectivity index (χ2n) is 17.8. The second kappa shape index (κ2) is 11.2. The first kappa shape index (κ1) is 32.4. The number of fused-ring (bicyclic) bond motifs is 11. The summed E-state index contributed by atoms with van der Waals surface area (Å²) in [7, 11) is 0. The zero-order chi connectivity index (χ0) is 37.4. The van der Waals surface area contributed by atoms with Gasteiger partial charge in [0.15, 0.2) is 0 Å². The standard InChI is InChI=1S/C52H43BN2/c1-51(2,3)36-23-27-45-41(29-36)42-30-37(52(4,5)6)31-44-49(42)54(45)50-40-19-13-11-17-35(40)28-43-47-39-18-12-10-16-34(39)22-26-46(47)55(53(44)48(43)50)38-24-20-33(21-25-38)32-14-8-7-9-15-32/h7-31H,1-6H3. The van der Waals surface area contributed by atoms with Gasteiger partial charge in [0.25, 0.3) is 0 Å². The molecule has 0 spiro atoms. The fourth-order valence-corrected chi connectivity index (χ4v) is 9.63. The number of rotatable bonds is 2. The lowest BCUT2D eigenvalue weighted by Gasteiger charge is -2.43. The Morgan fingerprint density at radius 3 is 1.89 bits per heavy atom. The van der Waals surface area contributed by atoms with Crippen LogP contribution in [-0.4, -0.2) is 11.4 Å². The quantitative estimate of drug-likeness (QED) is 0.163. The van der Waals surface area contributed by atoms with Gasteiger partial charge in [0.2, 0.25) is 0 Å². The van der Waals surface area contributed by atoms with Crippen LogP contribution in [0.3, 0.4) is 0 Å². The highest BCUT2D eigenvalue weighted by atomic mass is 15.1. The third-order valence-electron chi connectivity index (χ3n) is 12.4. The van der Waals surface area contributed by atoms with E-state index in [1.54, 1.807) is 0 Å². The lowest BCUT2D eigenvalue weighted by atomic mass is 9.43. The van der Waals surface area contributed by atoms with Crippen molar-refractivity contribution in [3.63, 3.8) is 0 Å². The van der Waals surface area contributed by atoms with Crippen molar-refractivity contribution < 1.29 is 0 Å². The van der Waals surface area contributed by atoms with E-state index in [0.717, 1.165) is 0 Å². The maximum absolute atomic E-state index is 2.67. The van der Waals surface area contributed by atoms with Crippen LogP contribution in [-0.2, 0) is 10.8 Å². The molecular formula is C52H43BN2. The maximum Gasteiger partial charge on any atom is 0.333 e. The van der Waals surface area contributed by atoms with E-state index in [9.17, 15) is 0 Å². The minimum Gasteiger partial charge on any atom is -0.376 e. The van der Waals surface area contributed by atoms with Gasteiger partial charge in [-0.25, -0.2) is 0 Å². The van der Waals surface area contributed by atoms with Crippen molar-refractivity contribution in [3.05, 3.63) is 163 Å². The van der Waals surface area contributed by atoms with Crippen LogP contribution in [0.2, 0.25) is 0 Å². The molecular weight excluding hydrogens is 663 g/mol. The Bertz CT molecular complexity index is 3050. The minimum atomic E-state index is -0.0467. The Morgan fingerprint density at radius 1 is 0.491 bits per heavy atom. The molecule has 2 nitrogen and oxygen atoms in total. The first-order valence-electron chi connectivity index (χ1n) is 19.7. The zero-order valence-electron chi connectivity index (χ0n) is 32.4. The molecule has 0 amide bonds. The number of nitrogens with zero attached hydrogens (tertiary/aromatic N) is 2. The molecule has 0 radical (unpaired) electrons. The summed E-state index contributed by atoms with van der Waals surface area (Å²) in [6, 6.07) is 57.5. The lowest BCUT2D eigenvalue weighted by Crippen LogP contribution is -2.60. The van der Waals surface area contributed by atoms with Crippen molar-refractivity contribution in [2.24, 2.45) is 0 Å². The van der Waals surface area contributed by atoms with Crippen LogP contribution in [0.4, 0.5) is 11.4 Å². The minimum absolute atomic E-state index is 0.0297. The van der Waals surface area contributed by atoms with Crippen molar-refractivity contribution in [3.8, 4) is 27.9 Å². The van der Waals surface area contributed by atoms with Gasteiger partial charge < -0.3 is 9.38 Å². The van der Waals surface area contributed by atoms with Crippen LogP contribution >= 0.6 is 0 Å². The van der Waals surface area contributed by atoms with E-state index in [4.69, 9.17) is 0 Å². The van der Waals surface area contributed by atoms with Gasteiger partial charge in [-0.05, 0) is 108 Å². The predicted octanol–water partition coefficient (Wildman–Crippen LogP) is 12.6. The molecule has 9 aromatic rings. The summed E-state index contributed by atoms with van der Waals surface area (Å²) in [5, 5.41) is 7.78. The molecule has 0 bridgehead atoms. The molecule has 11 rings (SSSR count). The van der Waals surface area contributed by atoms with E-state index in [1.807, 2.05) is 0 Å². The third-order valence-corrected chi connectivity index (χ3v) is 12.4. The number of anilines is 2. The molecule has 0 fully saturated rings. The molecule has 3 heteroatoms. The molecule has 1 aromatic heterocycles. The van der Waals surface area contributed by atoms with Crippen LogP contribution in [0.25, 0.3) is 71.3 Å². The summed E-state index contributed by atoms with van der Waals surface area (Å²) in [6.07, 6.45) is 0. The van der Waals surface area contributed by atoms with Gasteiger partial charge in [-0.1, -0.05) is 151 Å². The van der Waals surface area contributed by atoms with Crippen LogP contribution in [0.1, 0.15) is 52.7 Å². The monoisotopic (exact) mass is 706 g/mol. The van der Waals surface area contributed by atoms with Crippen LogP contribution in [0, 0.1) is 0 Å². The molecule has 264 valence electrons. The van der Waals surface area contributed by atoms with E-state index in [2.05, 4.69) is 203 Å². The molecule has 0 N–H and O–H groups in total. The summed E-state index contributed by atoms with van der Waals surface area (Å²) >= 11 is 0. The molecule has 0 atom stereocenters. The van der Waals surface area contributed by atoms with E-state index in [1.165, 1.54) is 105 Å². The molecule has 8 aromatic carbocycles. The molecule has 0 saturated heterocycles. The Kier molecular flexibility index (Phi) is 6.62. The van der Waals surface area contributed by atoms with Crippen molar-refractivity contribution in [2.75, 3.05) is 4.81 Å². The number of benzene rings is 8. The van der Waals surface area contributed by atoms with Gasteiger partial charge in [0.1, 0.15) is 0 Å². The lowest BCUT2D eigenvalue weighted by molar-refractivity contribution is 0.590. The van der Waals surface area contributed by atoms with Gasteiger partial charge in [0.05, 0.1) is 16.7 Å². The first-order chi connectivity index (χ1) is 26.6. The highest BCUT2D eigenvalue weighted by molar-refractivity contribution is 6.94. The van der Waals surface area contributed by atoms with Gasteiger partial charge in [-0.2, -0.15) is 0 Å². The normalized spacial score (nSPS) is 13.6. The second-order valence-corrected chi connectivity index (χ2v) is 17.8. The highest BCUT2D eigenvalue weighted by Gasteiger charge is 2.45. The number of hydrogen-bond acceptors (Lipinski definition) is 1. The van der Waals surface area contributed by atoms with Crippen molar-refractivity contribution >= 4 is 72.5 Å². The maximum atomic E-state index is 2.67. The van der Waals surface area contributed by atoms with Crippen LogP contribution in [0.5, 0.6) is 0 Å². The van der Waals surface area contributed by atoms with Gasteiger partial charge in [-0.15, -0.1) is 0 Å². The summed E-state index contributed by atoms with van der Waals surface area (Å²) in [6.45, 7) is 14.0. The SMILES string of the molecule is CC(C)(C)c1ccc2c(c1)c1cc(C(C)(C)C)cc3c1n2-c1c2c(cc4ccccc14)-c1c(ccc4ccccc14)N(c1ccc(-c4ccccc4)cc1)B23. The molecule has 3 heterocycles. The van der Waals surface area contributed by atoms with Crippen LogP contribution < -0.4 is 15.7 Å². The average Bonchev–Trinajstić information content (AvgIpc) is 3.52. The highest BCUT2D eigenvalue weighted by Crippen LogP contribution is 2.49. The third kappa shape index (κ3) is 4.62. The molecule has 0 aliphatic carbocycles. The van der Waals surface area contributed by atoms with Gasteiger partial charge in [-0.3, -0.25) is 0 Å². The van der Waals surface area contributed by atoms with Crippen molar-refractivity contribution in [1.29, 1.82) is 0 Å². The summed E-state index contributed by atoms with van der Waals surface area (Å²) < 4.78 is 2.64. The summed E-state index contributed by atoms with van der Waals surface area (Å²) in [5.41, 5.74) is 16.9. The fourth-order valence-electron chi connectivity index (χ4n) is 9.63. The molecule has 0 unspecified atom stereocenters. The summed E-state index contributed by atoms with van der Waals surface area (Å²) in [4.78, 5) is 2.67. The predicted molar refractivity (Wildman–Crippen MR) is 238 cm³/mol. The topological polar surface area (TPSA) is 8.17 Å². The van der Waals surface area contributed by atoms with E-state index >= 15 is 0 Å². The Morgan fingerprint density at radius 2 is 1.15 bits per heavy atom.